The SMILES string of the molecule is CCCCCOC(CCC)OCC. The van der Waals surface area contributed by atoms with E-state index in [1.807, 2.05) is 6.92 Å². The van der Waals surface area contributed by atoms with E-state index < -0.39 is 0 Å². The summed E-state index contributed by atoms with van der Waals surface area (Å²) in [4.78, 5) is 0. The average molecular weight is 188 g/mol. The zero-order valence-electron chi connectivity index (χ0n) is 9.34. The van der Waals surface area contributed by atoms with Gasteiger partial charge >= 0.3 is 0 Å². The molecular weight excluding hydrogens is 164 g/mol. The quantitative estimate of drug-likeness (QED) is 0.408. The second-order valence-electron chi connectivity index (χ2n) is 3.25. The van der Waals surface area contributed by atoms with Gasteiger partial charge in [-0.1, -0.05) is 33.1 Å². The first kappa shape index (κ1) is 12.9. The molecule has 0 saturated carbocycles. The van der Waals surface area contributed by atoms with Gasteiger partial charge in [0.25, 0.3) is 0 Å². The maximum absolute atomic E-state index is 5.60. The molecule has 0 spiro atoms. The number of hydrogen-bond acceptors (Lipinski definition) is 2. The highest BCUT2D eigenvalue weighted by atomic mass is 16.7. The highest BCUT2D eigenvalue weighted by Crippen LogP contribution is 2.05. The van der Waals surface area contributed by atoms with E-state index in [1.165, 1.54) is 12.8 Å². The molecule has 0 aromatic carbocycles. The van der Waals surface area contributed by atoms with Crippen molar-refractivity contribution < 1.29 is 9.47 Å². The molecule has 0 amide bonds. The van der Waals surface area contributed by atoms with Crippen molar-refractivity contribution in [3.8, 4) is 0 Å². The van der Waals surface area contributed by atoms with Crippen molar-refractivity contribution in [2.24, 2.45) is 0 Å². The Morgan fingerprint density at radius 1 is 0.923 bits per heavy atom. The molecule has 1 atom stereocenters. The van der Waals surface area contributed by atoms with Gasteiger partial charge in [-0.15, -0.1) is 0 Å². The molecule has 0 heterocycles. The Balaban J connectivity index is 3.33. The van der Waals surface area contributed by atoms with Crippen molar-refractivity contribution in [1.29, 1.82) is 0 Å². The van der Waals surface area contributed by atoms with Gasteiger partial charge in [0.1, 0.15) is 0 Å². The molecule has 2 heteroatoms. The highest BCUT2D eigenvalue weighted by molar-refractivity contribution is 4.44. The summed E-state index contributed by atoms with van der Waals surface area (Å²) in [6.07, 6.45) is 5.83. The van der Waals surface area contributed by atoms with Gasteiger partial charge < -0.3 is 9.47 Å². The molecule has 1 unspecified atom stereocenters. The summed E-state index contributed by atoms with van der Waals surface area (Å²) in [5, 5.41) is 0. The number of rotatable bonds is 9. The molecular formula is C11H24O2. The summed E-state index contributed by atoms with van der Waals surface area (Å²) in [6, 6.07) is 0. The van der Waals surface area contributed by atoms with E-state index in [1.54, 1.807) is 0 Å². The summed E-state index contributed by atoms with van der Waals surface area (Å²) in [5.41, 5.74) is 0. The van der Waals surface area contributed by atoms with Gasteiger partial charge in [0.05, 0.1) is 0 Å². The van der Waals surface area contributed by atoms with Crippen LogP contribution in [0.25, 0.3) is 0 Å². The summed E-state index contributed by atoms with van der Waals surface area (Å²) >= 11 is 0. The van der Waals surface area contributed by atoms with Gasteiger partial charge in [0, 0.05) is 13.2 Å². The highest BCUT2D eigenvalue weighted by Gasteiger charge is 2.05. The molecule has 0 aliphatic heterocycles. The molecule has 0 aromatic rings. The van der Waals surface area contributed by atoms with Crippen LogP contribution in [0.5, 0.6) is 0 Å². The molecule has 0 radical (unpaired) electrons. The number of ether oxygens (including phenoxy) is 2. The Bertz CT molecular complexity index is 88.1. The van der Waals surface area contributed by atoms with Crippen molar-refractivity contribution in [3.05, 3.63) is 0 Å². The van der Waals surface area contributed by atoms with E-state index in [2.05, 4.69) is 13.8 Å². The smallest absolute Gasteiger partial charge is 0.157 e. The van der Waals surface area contributed by atoms with Crippen LogP contribution in [0.4, 0.5) is 0 Å². The van der Waals surface area contributed by atoms with Crippen molar-refractivity contribution >= 4 is 0 Å². The molecule has 0 aliphatic carbocycles. The van der Waals surface area contributed by atoms with Gasteiger partial charge in [-0.3, -0.25) is 0 Å². The Kier molecular flexibility index (Phi) is 9.94. The van der Waals surface area contributed by atoms with Crippen LogP contribution in [-0.2, 0) is 9.47 Å². The van der Waals surface area contributed by atoms with Crippen LogP contribution in [0.15, 0.2) is 0 Å². The molecule has 0 fully saturated rings. The first-order valence-electron chi connectivity index (χ1n) is 5.58. The predicted octanol–water partition coefficient (Wildman–Crippen LogP) is 3.36. The van der Waals surface area contributed by atoms with Gasteiger partial charge in [0.2, 0.25) is 0 Å². The lowest BCUT2D eigenvalue weighted by Crippen LogP contribution is -2.17. The van der Waals surface area contributed by atoms with Crippen molar-refractivity contribution in [1.82, 2.24) is 0 Å². The molecule has 0 saturated heterocycles. The lowest BCUT2D eigenvalue weighted by molar-refractivity contribution is -0.143. The second kappa shape index (κ2) is 10.0. The lowest BCUT2D eigenvalue weighted by atomic mass is 10.3. The Morgan fingerprint density at radius 3 is 2.23 bits per heavy atom. The zero-order chi connectivity index (χ0) is 9.94. The first-order valence-corrected chi connectivity index (χ1v) is 5.58. The van der Waals surface area contributed by atoms with Crippen molar-refractivity contribution in [3.63, 3.8) is 0 Å². The first-order chi connectivity index (χ1) is 6.35. The summed E-state index contributed by atoms with van der Waals surface area (Å²) < 4.78 is 11.0. The number of unbranched alkanes of at least 4 members (excludes halogenated alkanes) is 2. The van der Waals surface area contributed by atoms with Gasteiger partial charge in [-0.2, -0.15) is 0 Å². The Hall–Kier alpha value is -0.0800. The van der Waals surface area contributed by atoms with E-state index >= 15 is 0 Å². The van der Waals surface area contributed by atoms with Crippen molar-refractivity contribution in [2.45, 2.75) is 59.2 Å². The van der Waals surface area contributed by atoms with Crippen LogP contribution in [0.3, 0.4) is 0 Å². The Labute approximate surface area is 82.6 Å². The van der Waals surface area contributed by atoms with E-state index in [0.717, 1.165) is 32.5 Å². The third-order valence-corrected chi connectivity index (χ3v) is 1.93. The van der Waals surface area contributed by atoms with E-state index in [-0.39, 0.29) is 6.29 Å². The fourth-order valence-electron chi connectivity index (χ4n) is 1.20. The normalized spacial score (nSPS) is 13.2. The molecule has 0 aliphatic rings. The van der Waals surface area contributed by atoms with Crippen LogP contribution in [0, 0.1) is 0 Å². The number of hydrogen-bond donors (Lipinski definition) is 0. The molecule has 0 aromatic heterocycles. The fraction of sp³-hybridized carbons (Fsp3) is 1.00. The summed E-state index contributed by atoms with van der Waals surface area (Å²) in [6.45, 7) is 7.96. The minimum absolute atomic E-state index is 0.0341. The van der Waals surface area contributed by atoms with Crippen LogP contribution in [-0.4, -0.2) is 19.5 Å². The minimum atomic E-state index is 0.0341. The maximum atomic E-state index is 5.60. The molecule has 0 rings (SSSR count). The van der Waals surface area contributed by atoms with E-state index in [4.69, 9.17) is 9.47 Å². The molecule has 13 heavy (non-hydrogen) atoms. The third kappa shape index (κ3) is 8.26. The van der Waals surface area contributed by atoms with Gasteiger partial charge in [-0.05, 0) is 19.8 Å². The van der Waals surface area contributed by atoms with Gasteiger partial charge in [0.15, 0.2) is 6.29 Å². The molecule has 0 N–H and O–H groups in total. The molecule has 2 nitrogen and oxygen atoms in total. The lowest BCUT2D eigenvalue weighted by Gasteiger charge is -2.16. The maximum Gasteiger partial charge on any atom is 0.157 e. The van der Waals surface area contributed by atoms with Crippen LogP contribution < -0.4 is 0 Å². The minimum Gasteiger partial charge on any atom is -0.353 e. The van der Waals surface area contributed by atoms with Crippen LogP contribution in [0.1, 0.15) is 52.9 Å². The topological polar surface area (TPSA) is 18.5 Å². The second-order valence-corrected chi connectivity index (χ2v) is 3.25. The fourth-order valence-corrected chi connectivity index (χ4v) is 1.20. The largest absolute Gasteiger partial charge is 0.353 e. The average Bonchev–Trinajstić information content (AvgIpc) is 2.13. The standard InChI is InChI=1S/C11H24O2/c1-4-7-8-10-13-11(9-5-2)12-6-3/h11H,4-10H2,1-3H3. The van der Waals surface area contributed by atoms with Gasteiger partial charge in [-0.25, -0.2) is 0 Å². The molecule has 0 bridgehead atoms. The molecule has 80 valence electrons. The summed E-state index contributed by atoms with van der Waals surface area (Å²) in [7, 11) is 0. The Morgan fingerprint density at radius 2 is 1.69 bits per heavy atom. The van der Waals surface area contributed by atoms with Crippen LogP contribution in [0.2, 0.25) is 0 Å². The third-order valence-electron chi connectivity index (χ3n) is 1.93. The zero-order valence-corrected chi connectivity index (χ0v) is 9.34. The van der Waals surface area contributed by atoms with E-state index in [9.17, 15) is 0 Å². The van der Waals surface area contributed by atoms with E-state index in [0.29, 0.717) is 0 Å². The summed E-state index contributed by atoms with van der Waals surface area (Å²) in [5.74, 6) is 0. The predicted molar refractivity (Wildman–Crippen MR) is 55.8 cm³/mol. The van der Waals surface area contributed by atoms with Crippen molar-refractivity contribution in [2.75, 3.05) is 13.2 Å². The van der Waals surface area contributed by atoms with Crippen LogP contribution >= 0.6 is 0 Å². The monoisotopic (exact) mass is 188 g/mol.